The Bertz CT molecular complexity index is 757. The largest absolute Gasteiger partial charge is 0.489 e. The molecule has 8 nitrogen and oxygen atoms in total. The van der Waals surface area contributed by atoms with Crippen LogP contribution >= 0.6 is 0 Å². The lowest BCUT2D eigenvalue weighted by atomic mass is 9.96. The molecule has 168 valence electrons. The number of nitrogens with zero attached hydrogens (tertiary/aromatic N) is 2. The Kier molecular flexibility index (Phi) is 7.38. The number of anilines is 1. The summed E-state index contributed by atoms with van der Waals surface area (Å²) in [5, 5.41) is 13.6. The number of alkyl carbamates (subject to hydrolysis) is 1. The zero-order chi connectivity index (χ0) is 22.5. The summed E-state index contributed by atoms with van der Waals surface area (Å²) in [6.45, 7) is 5.59. The van der Waals surface area contributed by atoms with Gasteiger partial charge in [-0.1, -0.05) is 0 Å². The van der Waals surface area contributed by atoms with E-state index in [1.165, 1.54) is 18.2 Å². The molecule has 0 aliphatic carbocycles. The maximum Gasteiger partial charge on any atom is 0.407 e. The van der Waals surface area contributed by atoms with Gasteiger partial charge in [-0.25, -0.2) is 4.79 Å². The van der Waals surface area contributed by atoms with E-state index in [1.54, 1.807) is 25.7 Å². The van der Waals surface area contributed by atoms with Crippen LogP contribution in [0.1, 0.15) is 33.6 Å². The molecular weight excluding hydrogens is 407 g/mol. The van der Waals surface area contributed by atoms with Crippen molar-refractivity contribution in [3.05, 3.63) is 28.3 Å². The van der Waals surface area contributed by atoms with Crippen LogP contribution in [-0.4, -0.2) is 49.0 Å². The first-order chi connectivity index (χ1) is 13.9. The third-order valence-corrected chi connectivity index (χ3v) is 4.48. The monoisotopic (exact) mass is 433 g/mol. The Morgan fingerprint density at radius 3 is 2.43 bits per heavy atom. The molecule has 0 saturated carbocycles. The first-order valence-electron chi connectivity index (χ1n) is 9.56. The molecule has 0 atom stereocenters. The van der Waals surface area contributed by atoms with Gasteiger partial charge in [0.2, 0.25) is 0 Å². The van der Waals surface area contributed by atoms with Gasteiger partial charge in [0.25, 0.3) is 5.69 Å². The number of piperidine rings is 1. The second-order valence-corrected chi connectivity index (χ2v) is 7.99. The number of benzene rings is 1. The number of hydrogen-bond donors (Lipinski definition) is 1. The van der Waals surface area contributed by atoms with Gasteiger partial charge >= 0.3 is 12.3 Å². The minimum absolute atomic E-state index is 0.00638. The zero-order valence-electron chi connectivity index (χ0n) is 17.1. The minimum atomic E-state index is -4.23. The zero-order valence-corrected chi connectivity index (χ0v) is 17.1. The Hall–Kier alpha value is -2.72. The van der Waals surface area contributed by atoms with Crippen molar-refractivity contribution < 1.29 is 32.4 Å². The molecule has 0 bridgehead atoms. The molecular formula is C19H26F3N3O5. The summed E-state index contributed by atoms with van der Waals surface area (Å²) in [7, 11) is 0. The maximum atomic E-state index is 12.9. The lowest BCUT2D eigenvalue weighted by molar-refractivity contribution is -0.384. The molecule has 1 N–H and O–H groups in total. The summed E-state index contributed by atoms with van der Waals surface area (Å²) in [5.41, 5.74) is -0.363. The van der Waals surface area contributed by atoms with E-state index in [0.29, 0.717) is 5.69 Å². The molecule has 1 aliphatic rings. The van der Waals surface area contributed by atoms with Gasteiger partial charge in [-0.15, -0.1) is 0 Å². The average Bonchev–Trinajstić information content (AvgIpc) is 2.63. The van der Waals surface area contributed by atoms with Crippen molar-refractivity contribution in [2.45, 2.75) is 45.4 Å². The number of carbonyl (C=O) groups excluding carboxylic acids is 1. The van der Waals surface area contributed by atoms with Gasteiger partial charge in [-0.05, 0) is 39.7 Å². The molecule has 0 aromatic heterocycles. The summed E-state index contributed by atoms with van der Waals surface area (Å²) >= 11 is 0. The maximum absolute atomic E-state index is 12.9. The molecule has 1 amide bonds. The van der Waals surface area contributed by atoms with E-state index in [2.05, 4.69) is 5.32 Å². The fraction of sp³-hybridized carbons (Fsp3) is 0.632. The number of rotatable bonds is 6. The minimum Gasteiger partial charge on any atom is -0.489 e. The van der Waals surface area contributed by atoms with Crippen molar-refractivity contribution in [1.29, 1.82) is 0 Å². The highest BCUT2D eigenvalue weighted by molar-refractivity contribution is 5.67. The number of non-ortho nitro benzene ring substituents is 1. The van der Waals surface area contributed by atoms with Gasteiger partial charge in [0.1, 0.15) is 18.0 Å². The first kappa shape index (κ1) is 23.6. The predicted octanol–water partition coefficient (Wildman–Crippen LogP) is 4.28. The fourth-order valence-electron chi connectivity index (χ4n) is 3.07. The number of nitro groups is 1. The second kappa shape index (κ2) is 9.40. The normalized spacial score (nSPS) is 15.6. The second-order valence-electron chi connectivity index (χ2n) is 7.99. The summed E-state index contributed by atoms with van der Waals surface area (Å²) < 4.78 is 49.4. The van der Waals surface area contributed by atoms with Gasteiger partial charge in [0.05, 0.1) is 29.1 Å². The Labute approximate surface area is 172 Å². The lowest BCUT2D eigenvalue weighted by Crippen LogP contribution is -2.39. The lowest BCUT2D eigenvalue weighted by Gasteiger charge is -2.35. The number of ether oxygens (including phenoxy) is 2. The first-order valence-corrected chi connectivity index (χ1v) is 9.56. The van der Waals surface area contributed by atoms with Crippen LogP contribution in [0.4, 0.5) is 29.3 Å². The van der Waals surface area contributed by atoms with E-state index in [4.69, 9.17) is 9.47 Å². The van der Waals surface area contributed by atoms with Gasteiger partial charge in [0, 0.05) is 19.2 Å². The number of nitrogens with one attached hydrogen (secondary N) is 1. The van der Waals surface area contributed by atoms with Crippen LogP contribution in [-0.2, 0) is 4.74 Å². The number of halogens is 3. The number of alkyl halides is 3. The van der Waals surface area contributed by atoms with Crippen LogP contribution < -0.4 is 15.0 Å². The quantitative estimate of drug-likeness (QED) is 0.409. The van der Waals surface area contributed by atoms with Crippen molar-refractivity contribution in [3.63, 3.8) is 0 Å². The van der Waals surface area contributed by atoms with E-state index < -0.39 is 28.7 Å². The van der Waals surface area contributed by atoms with E-state index in [-0.39, 0.29) is 50.5 Å². The standard InChI is InChI=1S/C19H26F3N3O5/c1-18(2,3)30-17(26)23-8-11-29-16-12-14(25(27)28)4-5-15(16)24-9-6-13(7-10-24)19(20,21)22/h4-5,12-13H,6-11H2,1-3H3,(H,23,26). The van der Waals surface area contributed by atoms with E-state index in [1.807, 2.05) is 0 Å². The van der Waals surface area contributed by atoms with Crippen molar-refractivity contribution in [3.8, 4) is 5.75 Å². The molecule has 0 spiro atoms. The number of nitro benzene ring substituents is 1. The molecule has 1 saturated heterocycles. The van der Waals surface area contributed by atoms with E-state index in [9.17, 15) is 28.1 Å². The molecule has 0 radical (unpaired) electrons. The third-order valence-electron chi connectivity index (χ3n) is 4.48. The highest BCUT2D eigenvalue weighted by Crippen LogP contribution is 2.38. The van der Waals surface area contributed by atoms with Crippen LogP contribution in [0.3, 0.4) is 0 Å². The highest BCUT2D eigenvalue weighted by Gasteiger charge is 2.41. The molecule has 1 fully saturated rings. The van der Waals surface area contributed by atoms with Crippen LogP contribution in [0, 0.1) is 16.0 Å². The molecule has 0 unspecified atom stereocenters. The molecule has 1 aromatic rings. The summed E-state index contributed by atoms with van der Waals surface area (Å²) in [4.78, 5) is 23.9. The van der Waals surface area contributed by atoms with Crippen molar-refractivity contribution in [2.75, 3.05) is 31.1 Å². The van der Waals surface area contributed by atoms with Gasteiger partial charge in [0.15, 0.2) is 0 Å². The van der Waals surface area contributed by atoms with Crippen molar-refractivity contribution >= 4 is 17.5 Å². The Balaban J connectivity index is 2.02. The smallest absolute Gasteiger partial charge is 0.407 e. The van der Waals surface area contributed by atoms with Crippen molar-refractivity contribution in [1.82, 2.24) is 5.32 Å². The average molecular weight is 433 g/mol. The molecule has 1 heterocycles. The third kappa shape index (κ3) is 6.96. The summed E-state index contributed by atoms with van der Waals surface area (Å²) in [6.07, 6.45) is -4.96. The SMILES string of the molecule is CC(C)(C)OC(=O)NCCOc1cc([N+](=O)[O-])ccc1N1CCC(C(F)(F)F)CC1. The van der Waals surface area contributed by atoms with Crippen molar-refractivity contribution in [2.24, 2.45) is 5.92 Å². The van der Waals surface area contributed by atoms with E-state index >= 15 is 0 Å². The van der Waals surface area contributed by atoms with Crippen LogP contribution in [0.15, 0.2) is 18.2 Å². The molecule has 30 heavy (non-hydrogen) atoms. The van der Waals surface area contributed by atoms with Crippen LogP contribution in [0.5, 0.6) is 5.75 Å². The van der Waals surface area contributed by atoms with Gasteiger partial charge in [-0.3, -0.25) is 10.1 Å². The molecule has 11 heteroatoms. The summed E-state index contributed by atoms with van der Waals surface area (Å²) in [5.74, 6) is -1.17. The van der Waals surface area contributed by atoms with Gasteiger partial charge < -0.3 is 19.7 Å². The molecule has 1 aliphatic heterocycles. The van der Waals surface area contributed by atoms with Crippen LogP contribution in [0.2, 0.25) is 0 Å². The Morgan fingerprint density at radius 1 is 1.27 bits per heavy atom. The number of hydrogen-bond acceptors (Lipinski definition) is 6. The Morgan fingerprint density at radius 2 is 1.90 bits per heavy atom. The predicted molar refractivity (Wildman–Crippen MR) is 104 cm³/mol. The van der Waals surface area contributed by atoms with Gasteiger partial charge in [-0.2, -0.15) is 13.2 Å². The fourth-order valence-corrected chi connectivity index (χ4v) is 3.07. The molecule has 2 rings (SSSR count). The van der Waals surface area contributed by atoms with Crippen LogP contribution in [0.25, 0.3) is 0 Å². The van der Waals surface area contributed by atoms with E-state index in [0.717, 1.165) is 0 Å². The summed E-state index contributed by atoms with van der Waals surface area (Å²) in [6, 6.07) is 4.00. The number of amides is 1. The topological polar surface area (TPSA) is 93.9 Å². The molecule has 1 aromatic carbocycles. The highest BCUT2D eigenvalue weighted by atomic mass is 19.4. The number of carbonyl (C=O) groups is 1.